The molecule has 1 heterocycles. The zero-order valence-corrected chi connectivity index (χ0v) is 18.9. The number of hydrogen-bond donors (Lipinski definition) is 2. The summed E-state index contributed by atoms with van der Waals surface area (Å²) in [4.78, 5) is 13.8. The number of methoxy groups -OCH3 is 1. The standard InChI is InChI=1S/C24H31ClN2O4/c1-3-23(27-10-12-31-13-11-27)21-9-4-17(18(16-30-2)15-24(28)29)14-22(21)26-20-7-5-19(25)6-8-20/h4-9,14,18,23,26H,3,10-13,15-16H2,1-2H3,(H,28,29)/t18-,23+/m1/s1. The molecule has 0 aliphatic carbocycles. The first kappa shape index (κ1) is 23.5. The van der Waals surface area contributed by atoms with Crippen LogP contribution in [0.5, 0.6) is 0 Å². The highest BCUT2D eigenvalue weighted by Gasteiger charge is 2.25. The second-order valence-corrected chi connectivity index (χ2v) is 8.24. The van der Waals surface area contributed by atoms with E-state index >= 15 is 0 Å². The SMILES string of the molecule is CC[C@@H](c1ccc([C@@H](COC)CC(=O)O)cc1Nc1ccc(Cl)cc1)N1CCOCC1. The van der Waals surface area contributed by atoms with Crippen molar-refractivity contribution in [2.75, 3.05) is 45.3 Å². The zero-order chi connectivity index (χ0) is 22.2. The van der Waals surface area contributed by atoms with E-state index in [1.54, 1.807) is 7.11 Å². The second kappa shape index (κ2) is 11.5. The maximum Gasteiger partial charge on any atom is 0.304 e. The molecule has 0 bridgehead atoms. The van der Waals surface area contributed by atoms with Crippen LogP contribution in [0.15, 0.2) is 42.5 Å². The molecule has 2 N–H and O–H groups in total. The molecule has 0 unspecified atom stereocenters. The second-order valence-electron chi connectivity index (χ2n) is 7.80. The first-order valence-corrected chi connectivity index (χ1v) is 11.1. The van der Waals surface area contributed by atoms with E-state index in [1.807, 2.05) is 30.3 Å². The summed E-state index contributed by atoms with van der Waals surface area (Å²) in [7, 11) is 1.60. The summed E-state index contributed by atoms with van der Waals surface area (Å²) >= 11 is 6.05. The van der Waals surface area contributed by atoms with Gasteiger partial charge in [0.15, 0.2) is 0 Å². The van der Waals surface area contributed by atoms with Gasteiger partial charge in [0.25, 0.3) is 0 Å². The van der Waals surface area contributed by atoms with Crippen molar-refractivity contribution in [3.8, 4) is 0 Å². The number of carbonyl (C=O) groups is 1. The summed E-state index contributed by atoms with van der Waals surface area (Å²) in [5.41, 5.74) is 4.04. The number of nitrogens with zero attached hydrogens (tertiary/aromatic N) is 1. The van der Waals surface area contributed by atoms with Gasteiger partial charge in [0.1, 0.15) is 0 Å². The molecule has 2 aromatic rings. The highest BCUT2D eigenvalue weighted by Crippen LogP contribution is 2.35. The van der Waals surface area contributed by atoms with Crippen LogP contribution in [0.3, 0.4) is 0 Å². The number of morpholine rings is 1. The van der Waals surface area contributed by atoms with Gasteiger partial charge in [-0.25, -0.2) is 0 Å². The van der Waals surface area contributed by atoms with Crippen LogP contribution in [0, 0.1) is 0 Å². The normalized spacial score (nSPS) is 16.6. The van der Waals surface area contributed by atoms with Crippen molar-refractivity contribution < 1.29 is 19.4 Å². The smallest absolute Gasteiger partial charge is 0.304 e. The van der Waals surface area contributed by atoms with Crippen molar-refractivity contribution in [1.82, 2.24) is 4.90 Å². The summed E-state index contributed by atoms with van der Waals surface area (Å²) in [6, 6.07) is 14.1. The molecule has 31 heavy (non-hydrogen) atoms. The van der Waals surface area contributed by atoms with Gasteiger partial charge in [-0.2, -0.15) is 0 Å². The lowest BCUT2D eigenvalue weighted by molar-refractivity contribution is -0.137. The Balaban J connectivity index is 1.99. The van der Waals surface area contributed by atoms with Crippen molar-refractivity contribution in [1.29, 1.82) is 0 Å². The summed E-state index contributed by atoms with van der Waals surface area (Å²) in [6.07, 6.45) is 0.986. The number of carboxylic acids is 1. The molecule has 2 aromatic carbocycles. The quantitative estimate of drug-likeness (QED) is 0.530. The third-order valence-corrected chi connectivity index (χ3v) is 5.94. The van der Waals surface area contributed by atoms with Gasteiger partial charge >= 0.3 is 5.97 Å². The van der Waals surface area contributed by atoms with Crippen LogP contribution in [-0.2, 0) is 14.3 Å². The van der Waals surface area contributed by atoms with E-state index in [-0.39, 0.29) is 18.4 Å². The minimum absolute atomic E-state index is 0.0221. The molecule has 0 radical (unpaired) electrons. The number of rotatable bonds is 10. The predicted molar refractivity (Wildman–Crippen MR) is 123 cm³/mol. The largest absolute Gasteiger partial charge is 0.481 e. The van der Waals surface area contributed by atoms with Gasteiger partial charge in [-0.3, -0.25) is 9.69 Å². The summed E-state index contributed by atoms with van der Waals surface area (Å²) < 4.78 is 10.8. The third-order valence-electron chi connectivity index (χ3n) is 5.69. The molecule has 6 nitrogen and oxygen atoms in total. The maximum atomic E-state index is 11.4. The monoisotopic (exact) mass is 446 g/mol. The minimum Gasteiger partial charge on any atom is -0.481 e. The molecule has 0 aromatic heterocycles. The van der Waals surface area contributed by atoms with Gasteiger partial charge in [0.05, 0.1) is 26.2 Å². The first-order chi connectivity index (χ1) is 15.0. The molecule has 3 rings (SSSR count). The topological polar surface area (TPSA) is 71.0 Å². The minimum atomic E-state index is -0.835. The van der Waals surface area contributed by atoms with Crippen LogP contribution in [-0.4, -0.2) is 56.0 Å². The summed E-state index contributed by atoms with van der Waals surface area (Å²) in [5, 5.41) is 13.6. The molecule has 168 valence electrons. The molecule has 2 atom stereocenters. The van der Waals surface area contributed by atoms with E-state index in [4.69, 9.17) is 21.1 Å². The molecule has 1 fully saturated rings. The molecule has 7 heteroatoms. The van der Waals surface area contributed by atoms with Crippen LogP contribution in [0.4, 0.5) is 11.4 Å². The predicted octanol–water partition coefficient (Wildman–Crippen LogP) is 5.07. The Kier molecular flexibility index (Phi) is 8.72. The van der Waals surface area contributed by atoms with E-state index in [2.05, 4.69) is 29.3 Å². The number of carboxylic acid groups (broad SMARTS) is 1. The highest BCUT2D eigenvalue weighted by atomic mass is 35.5. The third kappa shape index (κ3) is 6.43. The number of benzene rings is 2. The Bertz CT molecular complexity index is 853. The lowest BCUT2D eigenvalue weighted by atomic mass is 9.91. The molecule has 1 aliphatic rings. The van der Waals surface area contributed by atoms with E-state index in [1.165, 1.54) is 5.56 Å². The molecule has 0 amide bonds. The Morgan fingerprint density at radius 2 is 1.94 bits per heavy atom. The highest BCUT2D eigenvalue weighted by molar-refractivity contribution is 6.30. The van der Waals surface area contributed by atoms with E-state index in [9.17, 15) is 9.90 Å². The molecule has 0 saturated carbocycles. The van der Waals surface area contributed by atoms with Gasteiger partial charge in [-0.05, 0) is 47.9 Å². The number of halogens is 1. The van der Waals surface area contributed by atoms with E-state index in [0.29, 0.717) is 11.6 Å². The Hall–Kier alpha value is -2.12. The van der Waals surface area contributed by atoms with Crippen molar-refractivity contribution in [3.63, 3.8) is 0 Å². The lowest BCUT2D eigenvalue weighted by Crippen LogP contribution is -2.39. The first-order valence-electron chi connectivity index (χ1n) is 10.7. The van der Waals surface area contributed by atoms with Crippen LogP contribution < -0.4 is 5.32 Å². The summed E-state index contributed by atoms with van der Waals surface area (Å²) in [5.74, 6) is -1.05. The van der Waals surface area contributed by atoms with Crippen molar-refractivity contribution in [2.24, 2.45) is 0 Å². The number of anilines is 2. The van der Waals surface area contributed by atoms with Gasteiger partial charge in [0, 0.05) is 48.6 Å². The summed E-state index contributed by atoms with van der Waals surface area (Å²) in [6.45, 7) is 5.81. The molecule has 1 aliphatic heterocycles. The number of hydrogen-bond acceptors (Lipinski definition) is 5. The van der Waals surface area contributed by atoms with Crippen molar-refractivity contribution in [2.45, 2.75) is 31.7 Å². The van der Waals surface area contributed by atoms with Gasteiger partial charge < -0.3 is 19.9 Å². The Morgan fingerprint density at radius 3 is 2.55 bits per heavy atom. The molecular formula is C24H31ClN2O4. The number of ether oxygens (including phenoxy) is 2. The lowest BCUT2D eigenvalue weighted by Gasteiger charge is -2.35. The maximum absolute atomic E-state index is 11.4. The van der Waals surface area contributed by atoms with Crippen LogP contribution >= 0.6 is 11.6 Å². The number of aliphatic carboxylic acids is 1. The fourth-order valence-electron chi connectivity index (χ4n) is 4.16. The van der Waals surface area contributed by atoms with Gasteiger partial charge in [0.2, 0.25) is 0 Å². The number of nitrogens with one attached hydrogen (secondary N) is 1. The van der Waals surface area contributed by atoms with Gasteiger partial charge in [-0.15, -0.1) is 0 Å². The van der Waals surface area contributed by atoms with Crippen molar-refractivity contribution in [3.05, 3.63) is 58.6 Å². The fourth-order valence-corrected chi connectivity index (χ4v) is 4.29. The van der Waals surface area contributed by atoms with Crippen LogP contribution in [0.25, 0.3) is 0 Å². The average Bonchev–Trinajstić information content (AvgIpc) is 2.77. The van der Waals surface area contributed by atoms with Crippen molar-refractivity contribution >= 4 is 28.9 Å². The fraction of sp³-hybridized carbons (Fsp3) is 0.458. The zero-order valence-electron chi connectivity index (χ0n) is 18.1. The van der Waals surface area contributed by atoms with Crippen LogP contribution in [0.2, 0.25) is 5.02 Å². The van der Waals surface area contributed by atoms with E-state index in [0.717, 1.165) is 49.7 Å². The average molecular weight is 447 g/mol. The molecular weight excluding hydrogens is 416 g/mol. The van der Waals surface area contributed by atoms with Gasteiger partial charge in [-0.1, -0.05) is 30.7 Å². The molecule has 0 spiro atoms. The van der Waals surface area contributed by atoms with Crippen LogP contribution in [0.1, 0.15) is 42.9 Å². The molecule has 1 saturated heterocycles. The Morgan fingerprint density at radius 1 is 1.23 bits per heavy atom. The Labute approximate surface area is 189 Å². The van der Waals surface area contributed by atoms with E-state index < -0.39 is 5.97 Å².